The van der Waals surface area contributed by atoms with Crippen molar-refractivity contribution in [2.75, 3.05) is 13.2 Å². The number of carbonyl (C=O) groups is 2. The van der Waals surface area contributed by atoms with Crippen LogP contribution in [0.4, 0.5) is 0 Å². The van der Waals surface area contributed by atoms with Crippen LogP contribution >= 0.6 is 0 Å². The van der Waals surface area contributed by atoms with Crippen LogP contribution < -0.4 is 0 Å². The van der Waals surface area contributed by atoms with Crippen molar-refractivity contribution in [3.63, 3.8) is 0 Å². The van der Waals surface area contributed by atoms with E-state index >= 15 is 0 Å². The molecule has 4 heteroatoms. The molecule has 0 heterocycles. The van der Waals surface area contributed by atoms with E-state index in [0.29, 0.717) is 17.6 Å². The number of carbonyl (C=O) groups excluding carboxylic acids is 2. The van der Waals surface area contributed by atoms with E-state index in [1.807, 2.05) is 74.5 Å². The van der Waals surface area contributed by atoms with Gasteiger partial charge in [0.25, 0.3) is 0 Å². The van der Waals surface area contributed by atoms with Crippen LogP contribution in [0.3, 0.4) is 0 Å². The van der Waals surface area contributed by atoms with Gasteiger partial charge in [-0.05, 0) is 61.6 Å². The highest BCUT2D eigenvalue weighted by Gasteiger charge is 2.37. The van der Waals surface area contributed by atoms with Crippen LogP contribution in [-0.2, 0) is 19.1 Å². The zero-order chi connectivity index (χ0) is 27.1. The van der Waals surface area contributed by atoms with Crippen LogP contribution in [0.1, 0.15) is 55.4 Å². The van der Waals surface area contributed by atoms with Crippen LogP contribution in [0.15, 0.2) is 113 Å². The maximum absolute atomic E-state index is 13.5. The van der Waals surface area contributed by atoms with E-state index in [4.69, 9.17) is 9.47 Å². The molecular formula is C34H34O4. The van der Waals surface area contributed by atoms with Gasteiger partial charge < -0.3 is 9.47 Å². The number of allylic oxidation sites excluding steroid dienone is 3. The molecule has 1 aliphatic rings. The number of hydrogen-bond acceptors (Lipinski definition) is 4. The lowest BCUT2D eigenvalue weighted by Crippen LogP contribution is -2.26. The number of ether oxygens (including phenoxy) is 2. The van der Waals surface area contributed by atoms with E-state index in [1.54, 1.807) is 13.8 Å². The van der Waals surface area contributed by atoms with E-state index < -0.39 is 17.9 Å². The first-order valence-corrected chi connectivity index (χ1v) is 13.1. The first-order chi connectivity index (χ1) is 18.4. The lowest BCUT2D eigenvalue weighted by atomic mass is 9.73. The quantitative estimate of drug-likeness (QED) is 0.300. The second kappa shape index (κ2) is 12.4. The number of esters is 2. The van der Waals surface area contributed by atoms with Crippen molar-refractivity contribution < 1.29 is 19.1 Å². The first kappa shape index (κ1) is 26.9. The van der Waals surface area contributed by atoms with Crippen molar-refractivity contribution in [1.29, 1.82) is 0 Å². The second-order valence-electron chi connectivity index (χ2n) is 9.38. The van der Waals surface area contributed by atoms with Gasteiger partial charge in [-0.2, -0.15) is 0 Å². The van der Waals surface area contributed by atoms with Gasteiger partial charge in [0.05, 0.1) is 24.4 Å². The Morgan fingerprint density at radius 3 is 1.82 bits per heavy atom. The Morgan fingerprint density at radius 1 is 0.763 bits per heavy atom. The first-order valence-electron chi connectivity index (χ1n) is 13.1. The van der Waals surface area contributed by atoms with Gasteiger partial charge in [0.1, 0.15) is 0 Å². The van der Waals surface area contributed by atoms with E-state index in [0.717, 1.165) is 39.0 Å². The molecule has 1 atom stereocenters. The summed E-state index contributed by atoms with van der Waals surface area (Å²) < 4.78 is 10.9. The largest absolute Gasteiger partial charge is 0.463 e. The predicted octanol–water partition coefficient (Wildman–Crippen LogP) is 7.35. The van der Waals surface area contributed by atoms with E-state index in [2.05, 4.69) is 30.3 Å². The van der Waals surface area contributed by atoms with Crippen molar-refractivity contribution >= 4 is 17.5 Å². The molecule has 0 N–H and O–H groups in total. The molecule has 0 saturated carbocycles. The minimum atomic E-state index is -0.486. The minimum Gasteiger partial charge on any atom is -0.463 e. The molecule has 3 aromatic carbocycles. The summed E-state index contributed by atoms with van der Waals surface area (Å²) in [5.41, 5.74) is 7.93. The molecule has 0 aromatic heterocycles. The summed E-state index contributed by atoms with van der Waals surface area (Å²) in [5, 5.41) is 0. The molecule has 4 rings (SSSR count). The van der Waals surface area contributed by atoms with Crippen LogP contribution in [0, 0.1) is 6.92 Å². The molecule has 0 saturated heterocycles. The third-order valence-electron chi connectivity index (χ3n) is 6.76. The zero-order valence-electron chi connectivity index (χ0n) is 22.5. The van der Waals surface area contributed by atoms with Gasteiger partial charge in [0, 0.05) is 12.3 Å². The molecule has 0 amide bonds. The van der Waals surface area contributed by atoms with Crippen molar-refractivity contribution in [1.82, 2.24) is 0 Å². The van der Waals surface area contributed by atoms with Crippen molar-refractivity contribution in [3.8, 4) is 0 Å². The molecule has 1 unspecified atom stereocenters. The highest BCUT2D eigenvalue weighted by atomic mass is 16.5. The monoisotopic (exact) mass is 506 g/mol. The van der Waals surface area contributed by atoms with E-state index in [1.165, 1.54) is 0 Å². The highest BCUT2D eigenvalue weighted by molar-refractivity contribution is 6.03. The summed E-state index contributed by atoms with van der Waals surface area (Å²) in [6.45, 7) is 8.05. The van der Waals surface area contributed by atoms with Gasteiger partial charge in [-0.25, -0.2) is 9.59 Å². The van der Waals surface area contributed by atoms with Gasteiger partial charge in [0.15, 0.2) is 0 Å². The van der Waals surface area contributed by atoms with Gasteiger partial charge in [-0.15, -0.1) is 0 Å². The third kappa shape index (κ3) is 5.86. The van der Waals surface area contributed by atoms with E-state index in [-0.39, 0.29) is 13.2 Å². The molecule has 0 fully saturated rings. The summed E-state index contributed by atoms with van der Waals surface area (Å²) in [6.07, 6.45) is 2.49. The Labute approximate surface area is 225 Å². The standard InChI is InChI=1S/C34H34O4/c1-5-37-33(35)30-21-24(4)28(22-29(25-13-9-7-10-14-25)26-15-11-8-12-16-26)31(32(30)34(36)38-6-2)27-19-17-23(3)18-20-27/h7-20,22,31H,5-6,21H2,1-4H3. The maximum atomic E-state index is 13.5. The summed E-state index contributed by atoms with van der Waals surface area (Å²) in [7, 11) is 0. The third-order valence-corrected chi connectivity index (χ3v) is 6.76. The summed E-state index contributed by atoms with van der Waals surface area (Å²) >= 11 is 0. The Kier molecular flexibility index (Phi) is 8.75. The molecule has 0 spiro atoms. The second-order valence-corrected chi connectivity index (χ2v) is 9.38. The minimum absolute atomic E-state index is 0.214. The van der Waals surface area contributed by atoms with Gasteiger partial charge in [0.2, 0.25) is 0 Å². The van der Waals surface area contributed by atoms with Crippen molar-refractivity contribution in [2.45, 2.75) is 40.0 Å². The summed E-state index contributed by atoms with van der Waals surface area (Å²) in [5.74, 6) is -1.44. The van der Waals surface area contributed by atoms with Gasteiger partial charge in [-0.3, -0.25) is 0 Å². The average Bonchev–Trinajstić information content (AvgIpc) is 2.93. The average molecular weight is 507 g/mol. The summed E-state index contributed by atoms with van der Waals surface area (Å²) in [6, 6.07) is 28.6. The highest BCUT2D eigenvalue weighted by Crippen LogP contribution is 2.44. The predicted molar refractivity (Wildman–Crippen MR) is 151 cm³/mol. The fourth-order valence-electron chi connectivity index (χ4n) is 4.92. The maximum Gasteiger partial charge on any atom is 0.335 e. The number of aryl methyl sites for hydroxylation is 1. The number of benzene rings is 3. The van der Waals surface area contributed by atoms with Crippen LogP contribution in [0.25, 0.3) is 5.57 Å². The van der Waals surface area contributed by atoms with Crippen molar-refractivity contribution in [2.24, 2.45) is 0 Å². The van der Waals surface area contributed by atoms with Crippen molar-refractivity contribution in [3.05, 3.63) is 136 Å². The Balaban J connectivity index is 1.99. The molecule has 0 bridgehead atoms. The van der Waals surface area contributed by atoms with Gasteiger partial charge in [-0.1, -0.05) is 96.1 Å². The Hall–Kier alpha value is -4.18. The molecule has 0 radical (unpaired) electrons. The Morgan fingerprint density at radius 2 is 1.29 bits per heavy atom. The topological polar surface area (TPSA) is 52.6 Å². The summed E-state index contributed by atoms with van der Waals surface area (Å²) in [4.78, 5) is 26.7. The molecule has 0 aliphatic heterocycles. The molecule has 4 nitrogen and oxygen atoms in total. The smallest absolute Gasteiger partial charge is 0.335 e. The van der Waals surface area contributed by atoms with Crippen LogP contribution in [0.2, 0.25) is 0 Å². The fraction of sp³-hybridized carbons (Fsp3) is 0.235. The molecule has 38 heavy (non-hydrogen) atoms. The number of rotatable bonds is 8. The van der Waals surface area contributed by atoms with Crippen LogP contribution in [-0.4, -0.2) is 25.2 Å². The van der Waals surface area contributed by atoms with E-state index in [9.17, 15) is 9.59 Å². The molecule has 1 aliphatic carbocycles. The zero-order valence-corrected chi connectivity index (χ0v) is 22.5. The number of hydrogen-bond donors (Lipinski definition) is 0. The van der Waals surface area contributed by atoms with Crippen LogP contribution in [0.5, 0.6) is 0 Å². The fourth-order valence-corrected chi connectivity index (χ4v) is 4.92. The van der Waals surface area contributed by atoms with Gasteiger partial charge >= 0.3 is 11.9 Å². The Bertz CT molecular complexity index is 1340. The molecule has 194 valence electrons. The molecule has 3 aromatic rings. The molecular weight excluding hydrogens is 472 g/mol. The SMILES string of the molecule is CCOC(=O)C1=C(C(=O)OCC)C(c2ccc(C)cc2)C(C=C(c2ccccc2)c2ccccc2)=C(C)C1. The normalized spacial score (nSPS) is 15.2. The lowest BCUT2D eigenvalue weighted by Gasteiger charge is -2.30. The lowest BCUT2D eigenvalue weighted by molar-refractivity contribution is -0.142.